The second-order valence-electron chi connectivity index (χ2n) is 7.14. The summed E-state index contributed by atoms with van der Waals surface area (Å²) in [5.41, 5.74) is 3.25. The van der Waals surface area contributed by atoms with E-state index in [4.69, 9.17) is 0 Å². The number of carbonyl (C=O) groups excluding carboxylic acids is 2. The molecule has 0 heterocycles. The van der Waals surface area contributed by atoms with E-state index in [-0.39, 0.29) is 23.8 Å². The first-order valence-electron chi connectivity index (χ1n) is 8.55. The minimum absolute atomic E-state index is 0.0172. The number of anilines is 1. The van der Waals surface area contributed by atoms with E-state index in [9.17, 15) is 9.59 Å². The molecule has 2 amide bonds. The summed E-state index contributed by atoms with van der Waals surface area (Å²) in [6.07, 6.45) is 1.03. The molecule has 0 saturated carbocycles. The van der Waals surface area contributed by atoms with Crippen molar-refractivity contribution in [3.8, 4) is 0 Å². The molecule has 2 aromatic rings. The van der Waals surface area contributed by atoms with Crippen molar-refractivity contribution in [1.29, 1.82) is 0 Å². The van der Waals surface area contributed by atoms with Crippen LogP contribution < -0.4 is 10.6 Å². The van der Waals surface area contributed by atoms with Crippen molar-refractivity contribution >= 4 is 17.5 Å². The van der Waals surface area contributed by atoms with Gasteiger partial charge in [0.05, 0.1) is 6.54 Å². The first-order chi connectivity index (χ1) is 11.8. The first-order valence-corrected chi connectivity index (χ1v) is 8.55. The lowest BCUT2D eigenvalue weighted by Crippen LogP contribution is -2.32. The predicted octanol–water partition coefficient (Wildman–Crippen LogP) is 3.67. The van der Waals surface area contributed by atoms with Crippen LogP contribution in [0.15, 0.2) is 54.6 Å². The van der Waals surface area contributed by atoms with Crippen LogP contribution in [0, 0.1) is 0 Å². The van der Waals surface area contributed by atoms with Crippen molar-refractivity contribution in [3.05, 3.63) is 65.7 Å². The Bertz CT molecular complexity index is 701. The second kappa shape index (κ2) is 8.47. The molecule has 2 aromatic carbocycles. The van der Waals surface area contributed by atoms with Crippen molar-refractivity contribution in [2.45, 2.75) is 39.0 Å². The average molecular weight is 338 g/mol. The molecule has 0 spiro atoms. The Morgan fingerprint density at radius 1 is 0.880 bits per heavy atom. The summed E-state index contributed by atoms with van der Waals surface area (Å²) in [5, 5.41) is 5.40. The van der Waals surface area contributed by atoms with Gasteiger partial charge in [-0.15, -0.1) is 0 Å². The number of hydrogen-bond acceptors (Lipinski definition) is 2. The summed E-state index contributed by atoms with van der Waals surface area (Å²) in [6, 6.07) is 17.5. The molecule has 0 bridgehead atoms. The first kappa shape index (κ1) is 18.7. The molecule has 25 heavy (non-hydrogen) atoms. The van der Waals surface area contributed by atoms with Gasteiger partial charge in [0.1, 0.15) is 0 Å². The number of para-hydroxylation sites is 1. The largest absolute Gasteiger partial charge is 0.347 e. The van der Waals surface area contributed by atoms with Gasteiger partial charge in [0.15, 0.2) is 0 Å². The monoisotopic (exact) mass is 338 g/mol. The number of amides is 2. The van der Waals surface area contributed by atoms with Gasteiger partial charge < -0.3 is 10.6 Å². The molecule has 132 valence electrons. The zero-order valence-corrected chi connectivity index (χ0v) is 15.1. The van der Waals surface area contributed by atoms with Gasteiger partial charge in [0.2, 0.25) is 11.8 Å². The fourth-order valence-corrected chi connectivity index (χ4v) is 2.42. The highest BCUT2D eigenvalue weighted by Gasteiger charge is 2.13. The number of aryl methyl sites for hydroxylation is 1. The molecule has 0 aliphatic rings. The van der Waals surface area contributed by atoms with Crippen molar-refractivity contribution in [2.24, 2.45) is 0 Å². The lowest BCUT2D eigenvalue weighted by molar-refractivity contribution is -0.124. The zero-order valence-electron chi connectivity index (χ0n) is 15.1. The summed E-state index contributed by atoms with van der Waals surface area (Å²) in [4.78, 5) is 23.7. The van der Waals surface area contributed by atoms with Crippen LogP contribution in [0.3, 0.4) is 0 Å². The molecule has 0 fully saturated rings. The maximum atomic E-state index is 11.9. The quantitative estimate of drug-likeness (QED) is 0.844. The normalized spacial score (nSPS) is 11.0. The third kappa shape index (κ3) is 6.42. The summed E-state index contributed by atoms with van der Waals surface area (Å²) < 4.78 is 0. The van der Waals surface area contributed by atoms with Crippen molar-refractivity contribution < 1.29 is 9.59 Å². The summed E-state index contributed by atoms with van der Waals surface area (Å²) >= 11 is 0. The van der Waals surface area contributed by atoms with Gasteiger partial charge in [-0.3, -0.25) is 9.59 Å². The van der Waals surface area contributed by atoms with Crippen LogP contribution in [0.1, 0.15) is 38.3 Å². The lowest BCUT2D eigenvalue weighted by atomic mass is 9.86. The van der Waals surface area contributed by atoms with Gasteiger partial charge >= 0.3 is 0 Å². The molecule has 0 aliphatic carbocycles. The van der Waals surface area contributed by atoms with E-state index in [1.165, 1.54) is 5.56 Å². The fraction of sp³-hybridized carbons (Fsp3) is 0.333. The van der Waals surface area contributed by atoms with Gasteiger partial charge in [-0.05, 0) is 35.1 Å². The van der Waals surface area contributed by atoms with E-state index < -0.39 is 0 Å². The Labute approximate surface area is 149 Å². The fourth-order valence-electron chi connectivity index (χ4n) is 2.42. The molecule has 0 saturated heterocycles. The van der Waals surface area contributed by atoms with Crippen LogP contribution in [-0.2, 0) is 21.4 Å². The molecule has 4 nitrogen and oxygen atoms in total. The molecular formula is C21H26N2O2. The van der Waals surface area contributed by atoms with Gasteiger partial charge in [0.25, 0.3) is 0 Å². The predicted molar refractivity (Wildman–Crippen MR) is 102 cm³/mol. The van der Waals surface area contributed by atoms with Gasteiger partial charge in [0, 0.05) is 12.1 Å². The Balaban J connectivity index is 1.72. The SMILES string of the molecule is CC(C)(C)c1ccc(CCC(=O)NCC(=O)Nc2ccccc2)cc1. The molecular weight excluding hydrogens is 312 g/mol. The summed E-state index contributed by atoms with van der Waals surface area (Å²) in [5.74, 6) is -0.350. The van der Waals surface area contributed by atoms with Crippen LogP contribution >= 0.6 is 0 Å². The molecule has 2 rings (SSSR count). The van der Waals surface area contributed by atoms with Gasteiger partial charge in [-0.1, -0.05) is 63.2 Å². The number of carbonyl (C=O) groups is 2. The standard InChI is InChI=1S/C21H26N2O2/c1-21(2,3)17-12-9-16(10-13-17)11-14-19(24)22-15-20(25)23-18-7-5-4-6-8-18/h4-10,12-13H,11,14-15H2,1-3H3,(H,22,24)(H,23,25). The van der Waals surface area contributed by atoms with Gasteiger partial charge in [-0.25, -0.2) is 0 Å². The second-order valence-corrected chi connectivity index (χ2v) is 7.14. The molecule has 2 N–H and O–H groups in total. The topological polar surface area (TPSA) is 58.2 Å². The molecule has 0 atom stereocenters. The molecule has 0 aliphatic heterocycles. The van der Waals surface area contributed by atoms with Gasteiger partial charge in [-0.2, -0.15) is 0 Å². The maximum absolute atomic E-state index is 11.9. The maximum Gasteiger partial charge on any atom is 0.243 e. The Morgan fingerprint density at radius 3 is 2.12 bits per heavy atom. The van der Waals surface area contributed by atoms with Crippen LogP contribution in [0.2, 0.25) is 0 Å². The number of hydrogen-bond donors (Lipinski definition) is 2. The highest BCUT2D eigenvalue weighted by Crippen LogP contribution is 2.22. The smallest absolute Gasteiger partial charge is 0.243 e. The average Bonchev–Trinajstić information content (AvgIpc) is 2.58. The molecule has 0 unspecified atom stereocenters. The Hall–Kier alpha value is -2.62. The Morgan fingerprint density at radius 2 is 1.52 bits per heavy atom. The Kier molecular flexibility index (Phi) is 6.34. The van der Waals surface area contributed by atoms with E-state index in [2.05, 4.69) is 55.7 Å². The van der Waals surface area contributed by atoms with Crippen molar-refractivity contribution in [2.75, 3.05) is 11.9 Å². The van der Waals surface area contributed by atoms with E-state index in [1.807, 2.05) is 18.2 Å². The zero-order chi connectivity index (χ0) is 18.3. The third-order valence-corrected chi connectivity index (χ3v) is 3.96. The lowest BCUT2D eigenvalue weighted by Gasteiger charge is -2.19. The van der Waals surface area contributed by atoms with E-state index >= 15 is 0 Å². The minimum Gasteiger partial charge on any atom is -0.347 e. The number of nitrogens with one attached hydrogen (secondary N) is 2. The molecule has 4 heteroatoms. The minimum atomic E-state index is -0.228. The van der Waals surface area contributed by atoms with E-state index in [1.54, 1.807) is 12.1 Å². The van der Waals surface area contributed by atoms with Crippen molar-refractivity contribution in [1.82, 2.24) is 5.32 Å². The molecule has 0 aromatic heterocycles. The number of rotatable bonds is 6. The third-order valence-electron chi connectivity index (χ3n) is 3.96. The number of benzene rings is 2. The van der Waals surface area contributed by atoms with Crippen LogP contribution in [0.4, 0.5) is 5.69 Å². The van der Waals surface area contributed by atoms with E-state index in [0.717, 1.165) is 11.3 Å². The highest BCUT2D eigenvalue weighted by atomic mass is 16.2. The van der Waals surface area contributed by atoms with Crippen LogP contribution in [-0.4, -0.2) is 18.4 Å². The van der Waals surface area contributed by atoms with Crippen LogP contribution in [0.25, 0.3) is 0 Å². The van der Waals surface area contributed by atoms with E-state index in [0.29, 0.717) is 12.8 Å². The van der Waals surface area contributed by atoms with Crippen LogP contribution in [0.5, 0.6) is 0 Å². The summed E-state index contributed by atoms with van der Waals surface area (Å²) in [6.45, 7) is 6.51. The molecule has 0 radical (unpaired) electrons. The summed E-state index contributed by atoms with van der Waals surface area (Å²) in [7, 11) is 0. The van der Waals surface area contributed by atoms with Crippen molar-refractivity contribution in [3.63, 3.8) is 0 Å². The highest BCUT2D eigenvalue weighted by molar-refractivity contribution is 5.94.